The first-order valence-corrected chi connectivity index (χ1v) is 3.50. The molecule has 60 valence electrons. The number of rotatable bonds is 3. The third-order valence-corrected chi connectivity index (χ3v) is 1.49. The Kier molecular flexibility index (Phi) is 2.25. The van der Waals surface area contributed by atoms with Crippen molar-refractivity contribution in [2.75, 3.05) is 0 Å². The van der Waals surface area contributed by atoms with Crippen LogP contribution in [0.5, 0.6) is 0 Å². The number of carbonyl (C=O) groups excluding carboxylic acids is 1. The van der Waals surface area contributed by atoms with Gasteiger partial charge in [-0.1, -0.05) is 6.92 Å². The molecule has 0 unspecified atom stereocenters. The second-order valence-corrected chi connectivity index (χ2v) is 2.26. The fourth-order valence-corrected chi connectivity index (χ4v) is 0.884. The highest BCUT2D eigenvalue weighted by molar-refractivity contribution is 5.49. The number of hydrogen-bond acceptors (Lipinski definition) is 2. The van der Waals surface area contributed by atoms with Gasteiger partial charge in [-0.25, -0.2) is 4.79 Å². The summed E-state index contributed by atoms with van der Waals surface area (Å²) in [5.74, 6) is 0. The molecule has 0 fully saturated rings. The average Bonchev–Trinajstić information content (AvgIpc) is 2.33. The molecule has 0 spiro atoms. The highest BCUT2D eigenvalue weighted by atomic mass is 16.1. The number of aromatic amines is 1. The van der Waals surface area contributed by atoms with Crippen molar-refractivity contribution in [3.8, 4) is 0 Å². The first kappa shape index (κ1) is 7.78. The van der Waals surface area contributed by atoms with Gasteiger partial charge in [0.1, 0.15) is 6.29 Å². The summed E-state index contributed by atoms with van der Waals surface area (Å²) in [6.07, 6.45) is 3.15. The van der Waals surface area contributed by atoms with Gasteiger partial charge in [-0.2, -0.15) is 0 Å². The Morgan fingerprint density at radius 3 is 2.91 bits per heavy atom. The number of imidazole rings is 1. The van der Waals surface area contributed by atoms with E-state index >= 15 is 0 Å². The highest BCUT2D eigenvalue weighted by Gasteiger charge is 1.98. The number of nitrogens with one attached hydrogen (secondary N) is 1. The minimum absolute atomic E-state index is 0.134. The van der Waals surface area contributed by atoms with Crippen molar-refractivity contribution in [1.29, 1.82) is 0 Å². The maximum atomic E-state index is 10.9. The van der Waals surface area contributed by atoms with Crippen LogP contribution in [0, 0.1) is 0 Å². The molecular weight excluding hydrogens is 144 g/mol. The average molecular weight is 154 g/mol. The first-order valence-electron chi connectivity index (χ1n) is 3.50. The summed E-state index contributed by atoms with van der Waals surface area (Å²) in [4.78, 5) is 23.6. The largest absolute Gasteiger partial charge is 0.326 e. The quantitative estimate of drug-likeness (QED) is 0.620. The molecular formula is C7H10N2O2. The molecule has 1 N–H and O–H groups in total. The highest BCUT2D eigenvalue weighted by Crippen LogP contribution is 1.90. The van der Waals surface area contributed by atoms with E-state index < -0.39 is 0 Å². The van der Waals surface area contributed by atoms with E-state index in [0.29, 0.717) is 6.29 Å². The van der Waals surface area contributed by atoms with Crippen molar-refractivity contribution in [2.24, 2.45) is 0 Å². The molecule has 0 bridgehead atoms. The molecule has 1 heterocycles. The van der Waals surface area contributed by atoms with Gasteiger partial charge in [0, 0.05) is 11.9 Å². The zero-order valence-electron chi connectivity index (χ0n) is 6.33. The number of aldehydes is 1. The zero-order valence-corrected chi connectivity index (χ0v) is 6.33. The Balaban J connectivity index is 2.97. The number of aryl methyl sites for hydroxylation is 1. The van der Waals surface area contributed by atoms with Crippen LogP contribution < -0.4 is 5.69 Å². The number of aromatic nitrogens is 2. The number of nitrogens with zero attached hydrogens (tertiary/aromatic N) is 1. The molecule has 4 heteroatoms. The molecule has 0 saturated heterocycles. The Morgan fingerprint density at radius 2 is 2.45 bits per heavy atom. The van der Waals surface area contributed by atoms with Gasteiger partial charge in [-0.05, 0) is 6.42 Å². The van der Waals surface area contributed by atoms with E-state index in [1.807, 2.05) is 6.92 Å². The van der Waals surface area contributed by atoms with E-state index in [2.05, 4.69) is 4.98 Å². The Hall–Kier alpha value is -1.32. The van der Waals surface area contributed by atoms with Gasteiger partial charge in [0.2, 0.25) is 0 Å². The first-order chi connectivity index (χ1) is 5.27. The minimum atomic E-state index is -0.214. The molecule has 4 nitrogen and oxygen atoms in total. The second-order valence-electron chi connectivity index (χ2n) is 2.26. The molecule has 0 aliphatic carbocycles. The van der Waals surface area contributed by atoms with Gasteiger partial charge in [0.15, 0.2) is 0 Å². The molecule has 1 rings (SSSR count). The third kappa shape index (κ3) is 1.58. The van der Waals surface area contributed by atoms with Crippen LogP contribution in [0.15, 0.2) is 11.0 Å². The van der Waals surface area contributed by atoms with Crippen LogP contribution in [-0.2, 0) is 17.8 Å². The van der Waals surface area contributed by atoms with Gasteiger partial charge in [0.05, 0.1) is 6.54 Å². The van der Waals surface area contributed by atoms with Crippen LogP contribution in [-0.4, -0.2) is 15.8 Å². The van der Waals surface area contributed by atoms with Gasteiger partial charge < -0.3 is 9.78 Å². The maximum Gasteiger partial charge on any atom is 0.326 e. The van der Waals surface area contributed by atoms with Gasteiger partial charge in [-0.3, -0.25) is 4.57 Å². The lowest BCUT2D eigenvalue weighted by Gasteiger charge is -1.88. The van der Waals surface area contributed by atoms with Crippen molar-refractivity contribution in [3.63, 3.8) is 0 Å². The number of carbonyl (C=O) groups is 1. The van der Waals surface area contributed by atoms with Gasteiger partial charge in [-0.15, -0.1) is 0 Å². The van der Waals surface area contributed by atoms with Gasteiger partial charge >= 0.3 is 5.69 Å². The van der Waals surface area contributed by atoms with E-state index in [9.17, 15) is 9.59 Å². The Labute approximate surface area is 63.9 Å². The Bertz CT molecular complexity index is 298. The molecule has 0 aliphatic heterocycles. The third-order valence-electron chi connectivity index (χ3n) is 1.49. The summed E-state index contributed by atoms with van der Waals surface area (Å²) in [6, 6.07) is 0. The van der Waals surface area contributed by atoms with E-state index in [4.69, 9.17) is 0 Å². The van der Waals surface area contributed by atoms with E-state index in [0.717, 1.165) is 12.1 Å². The van der Waals surface area contributed by atoms with Crippen LogP contribution in [0.25, 0.3) is 0 Å². The topological polar surface area (TPSA) is 54.9 Å². The number of H-pyrrole nitrogens is 1. The molecule has 0 saturated carbocycles. The van der Waals surface area contributed by atoms with Gasteiger partial charge in [0.25, 0.3) is 0 Å². The minimum Gasteiger partial charge on any atom is -0.310 e. The predicted molar refractivity (Wildman–Crippen MR) is 40.5 cm³/mol. The molecule has 1 aromatic heterocycles. The van der Waals surface area contributed by atoms with Crippen LogP contribution in [0.3, 0.4) is 0 Å². The van der Waals surface area contributed by atoms with E-state index in [-0.39, 0.29) is 12.2 Å². The molecule has 11 heavy (non-hydrogen) atoms. The lowest BCUT2D eigenvalue weighted by molar-refractivity contribution is -0.108. The van der Waals surface area contributed by atoms with Crippen LogP contribution in [0.4, 0.5) is 0 Å². The van der Waals surface area contributed by atoms with Crippen LogP contribution in [0.2, 0.25) is 0 Å². The lowest BCUT2D eigenvalue weighted by atomic mass is 10.4. The van der Waals surface area contributed by atoms with Crippen molar-refractivity contribution < 1.29 is 4.79 Å². The molecule has 0 aromatic carbocycles. The SMILES string of the molecule is CCc1cn(CC=O)c(=O)[nH]1. The van der Waals surface area contributed by atoms with E-state index in [1.54, 1.807) is 6.20 Å². The fraction of sp³-hybridized carbons (Fsp3) is 0.429. The molecule has 0 amide bonds. The normalized spacial score (nSPS) is 9.91. The molecule has 0 radical (unpaired) electrons. The van der Waals surface area contributed by atoms with Crippen LogP contribution >= 0.6 is 0 Å². The van der Waals surface area contributed by atoms with E-state index in [1.165, 1.54) is 4.57 Å². The van der Waals surface area contributed by atoms with Crippen molar-refractivity contribution >= 4 is 6.29 Å². The smallest absolute Gasteiger partial charge is 0.310 e. The molecule has 0 aliphatic rings. The summed E-state index contributed by atoms with van der Waals surface area (Å²) in [6.45, 7) is 2.08. The summed E-state index contributed by atoms with van der Waals surface area (Å²) < 4.78 is 1.35. The summed E-state index contributed by atoms with van der Waals surface area (Å²) in [5, 5.41) is 0. The number of hydrogen-bond donors (Lipinski definition) is 1. The van der Waals surface area contributed by atoms with Crippen molar-refractivity contribution in [2.45, 2.75) is 19.9 Å². The maximum absolute atomic E-state index is 10.9. The molecule has 1 aromatic rings. The molecule has 0 atom stereocenters. The summed E-state index contributed by atoms with van der Waals surface area (Å²) in [5.41, 5.74) is 0.644. The van der Waals surface area contributed by atoms with Crippen molar-refractivity contribution in [1.82, 2.24) is 9.55 Å². The predicted octanol–water partition coefficient (Wildman–Crippen LogP) is -0.0623. The fourth-order valence-electron chi connectivity index (χ4n) is 0.884. The summed E-state index contributed by atoms with van der Waals surface area (Å²) >= 11 is 0. The lowest BCUT2D eigenvalue weighted by Crippen LogP contribution is -2.16. The van der Waals surface area contributed by atoms with Crippen molar-refractivity contribution in [3.05, 3.63) is 22.4 Å². The van der Waals surface area contributed by atoms with Crippen LogP contribution in [0.1, 0.15) is 12.6 Å². The Morgan fingerprint density at radius 1 is 1.73 bits per heavy atom. The standard InChI is InChI=1S/C7H10N2O2/c1-2-6-5-9(3-4-10)7(11)8-6/h4-5H,2-3H2,1H3,(H,8,11). The monoisotopic (exact) mass is 154 g/mol. The second kappa shape index (κ2) is 3.18. The zero-order chi connectivity index (χ0) is 8.27. The summed E-state index contributed by atoms with van der Waals surface area (Å²) in [7, 11) is 0.